The Labute approximate surface area is 156 Å². The first-order valence-corrected chi connectivity index (χ1v) is 9.92. The zero-order valence-corrected chi connectivity index (χ0v) is 15.5. The third-order valence-corrected chi connectivity index (χ3v) is 6.97. The molecule has 4 bridgehead atoms. The molecule has 4 fully saturated rings. The average Bonchev–Trinajstić information content (AvgIpc) is 2.99. The number of amides is 1. The maximum absolute atomic E-state index is 12.9. The molecule has 7 heteroatoms. The number of rotatable bonds is 4. The third kappa shape index (κ3) is 2.91. The Kier molecular flexibility index (Phi) is 4.08. The summed E-state index contributed by atoms with van der Waals surface area (Å²) in [5.41, 5.74) is -0.994. The van der Waals surface area contributed by atoms with Crippen LogP contribution < -0.4 is 5.32 Å². The minimum atomic E-state index is -0.946. The van der Waals surface area contributed by atoms with E-state index in [1.165, 1.54) is 11.3 Å². The molecule has 4 aliphatic carbocycles. The topological polar surface area (TPSA) is 99.4 Å². The van der Waals surface area contributed by atoms with Gasteiger partial charge in [0, 0.05) is 0 Å². The van der Waals surface area contributed by atoms with Gasteiger partial charge < -0.3 is 15.2 Å². The molecule has 1 aromatic heterocycles. The molecule has 5 rings (SSSR count). The van der Waals surface area contributed by atoms with E-state index in [1.807, 2.05) is 6.07 Å². The second kappa shape index (κ2) is 6.07. The van der Waals surface area contributed by atoms with Crippen molar-refractivity contribution < 1.29 is 19.4 Å². The highest BCUT2D eigenvalue weighted by Crippen LogP contribution is 2.62. The Morgan fingerprint density at radius 2 is 2.08 bits per heavy atom. The molecule has 0 spiro atoms. The molecule has 0 radical (unpaired) electrons. The largest absolute Gasteiger partial charge is 0.452 e. The first kappa shape index (κ1) is 17.5. The first-order valence-electron chi connectivity index (χ1n) is 9.04. The Morgan fingerprint density at radius 3 is 2.69 bits per heavy atom. The van der Waals surface area contributed by atoms with Crippen molar-refractivity contribution in [3.8, 4) is 6.07 Å². The van der Waals surface area contributed by atoms with E-state index in [0.29, 0.717) is 28.8 Å². The SMILES string of the molecule is C[C@H](OC(=O)C12C[C@@H]3C[C@@H](CC(O)(C3)C1)C2)C(=O)Nc1sccc1C#N. The van der Waals surface area contributed by atoms with Gasteiger partial charge in [-0.25, -0.2) is 0 Å². The third-order valence-electron chi connectivity index (χ3n) is 6.14. The van der Waals surface area contributed by atoms with Crippen LogP contribution in [0.4, 0.5) is 5.00 Å². The van der Waals surface area contributed by atoms with Crippen molar-refractivity contribution in [2.45, 2.75) is 57.2 Å². The van der Waals surface area contributed by atoms with Gasteiger partial charge in [0.15, 0.2) is 6.10 Å². The number of ether oxygens (including phenoxy) is 1. The van der Waals surface area contributed by atoms with Gasteiger partial charge in [-0.2, -0.15) is 5.26 Å². The summed E-state index contributed by atoms with van der Waals surface area (Å²) in [6.45, 7) is 1.54. The highest BCUT2D eigenvalue weighted by molar-refractivity contribution is 7.14. The van der Waals surface area contributed by atoms with E-state index in [1.54, 1.807) is 18.4 Å². The van der Waals surface area contributed by atoms with Crippen molar-refractivity contribution in [1.82, 2.24) is 0 Å². The van der Waals surface area contributed by atoms with E-state index in [2.05, 4.69) is 5.32 Å². The van der Waals surface area contributed by atoms with Crippen LogP contribution in [0.1, 0.15) is 51.0 Å². The number of hydrogen-bond acceptors (Lipinski definition) is 6. The van der Waals surface area contributed by atoms with Crippen LogP contribution in [0.25, 0.3) is 0 Å². The Morgan fingerprint density at radius 1 is 1.38 bits per heavy atom. The van der Waals surface area contributed by atoms with Crippen molar-refractivity contribution in [2.24, 2.45) is 17.3 Å². The number of thiophene rings is 1. The van der Waals surface area contributed by atoms with Crippen LogP contribution in [-0.2, 0) is 14.3 Å². The Balaban J connectivity index is 1.43. The minimum absolute atomic E-state index is 0.362. The predicted octanol–water partition coefficient (Wildman–Crippen LogP) is 2.82. The summed E-state index contributed by atoms with van der Waals surface area (Å²) in [5, 5.41) is 24.6. The van der Waals surface area contributed by atoms with Crippen molar-refractivity contribution >= 4 is 28.2 Å². The smallest absolute Gasteiger partial charge is 0.312 e. The molecule has 0 saturated heterocycles. The number of aliphatic hydroxyl groups is 1. The molecule has 0 aromatic carbocycles. The highest BCUT2D eigenvalue weighted by Gasteiger charge is 2.61. The number of nitrogens with one attached hydrogen (secondary N) is 1. The standard InChI is InChI=1S/C19H22N2O4S/c1-11(15(22)21-16-14(9-20)2-3-26-16)25-17(23)18-5-12-4-13(6-18)8-19(24,7-12)10-18/h2-3,11-13,24H,4-8,10H2,1H3,(H,21,22)/t11-,12-,13+,18?,19?/m0/s1. The van der Waals surface area contributed by atoms with Crippen molar-refractivity contribution in [1.29, 1.82) is 5.26 Å². The monoisotopic (exact) mass is 374 g/mol. The van der Waals surface area contributed by atoms with Crippen molar-refractivity contribution in [3.63, 3.8) is 0 Å². The van der Waals surface area contributed by atoms with E-state index in [9.17, 15) is 14.7 Å². The summed E-state index contributed by atoms with van der Waals surface area (Å²) in [7, 11) is 0. The number of hydrogen-bond donors (Lipinski definition) is 2. The van der Waals surface area contributed by atoms with E-state index < -0.39 is 23.0 Å². The maximum Gasteiger partial charge on any atom is 0.312 e. The quantitative estimate of drug-likeness (QED) is 0.790. The number of esters is 1. The van der Waals surface area contributed by atoms with Gasteiger partial charge in [0.25, 0.3) is 5.91 Å². The second-order valence-corrected chi connectivity index (χ2v) is 9.19. The van der Waals surface area contributed by atoms with E-state index in [-0.39, 0.29) is 5.97 Å². The molecule has 0 aliphatic heterocycles. The molecule has 138 valence electrons. The molecular formula is C19H22N2O4S. The summed E-state index contributed by atoms with van der Waals surface area (Å²) in [6.07, 6.45) is 3.66. The minimum Gasteiger partial charge on any atom is -0.452 e. The average molecular weight is 374 g/mol. The normalized spacial score (nSPS) is 35.6. The molecule has 2 unspecified atom stereocenters. The molecule has 1 amide bonds. The second-order valence-electron chi connectivity index (χ2n) is 8.28. The number of anilines is 1. The van der Waals surface area contributed by atoms with Gasteiger partial charge in [-0.3, -0.25) is 9.59 Å². The molecule has 1 aromatic rings. The molecular weight excluding hydrogens is 352 g/mol. The zero-order valence-electron chi connectivity index (χ0n) is 14.7. The van der Waals surface area contributed by atoms with Crippen LogP contribution in [0.2, 0.25) is 0 Å². The van der Waals surface area contributed by atoms with Crippen LogP contribution in [-0.4, -0.2) is 28.7 Å². The van der Waals surface area contributed by atoms with Gasteiger partial charge in [0.2, 0.25) is 0 Å². The van der Waals surface area contributed by atoms with Crippen molar-refractivity contribution in [3.05, 3.63) is 17.0 Å². The van der Waals surface area contributed by atoms with Gasteiger partial charge in [-0.15, -0.1) is 11.3 Å². The summed E-state index contributed by atoms with van der Waals surface area (Å²) in [6, 6.07) is 3.65. The van der Waals surface area contributed by atoms with Gasteiger partial charge in [0.1, 0.15) is 11.1 Å². The fraction of sp³-hybridized carbons (Fsp3) is 0.632. The summed E-state index contributed by atoms with van der Waals surface area (Å²) < 4.78 is 5.52. The molecule has 2 N–H and O–H groups in total. The van der Waals surface area contributed by atoms with Gasteiger partial charge >= 0.3 is 5.97 Å². The number of carbonyl (C=O) groups is 2. The summed E-state index contributed by atoms with van der Waals surface area (Å²) in [5.74, 6) is -0.0513. The van der Waals surface area contributed by atoms with Crippen LogP contribution in [0.3, 0.4) is 0 Å². The maximum atomic E-state index is 12.9. The molecule has 5 atom stereocenters. The van der Waals surface area contributed by atoms with Gasteiger partial charge in [-0.1, -0.05) is 0 Å². The van der Waals surface area contributed by atoms with Crippen LogP contribution in [0.5, 0.6) is 0 Å². The molecule has 4 saturated carbocycles. The lowest BCUT2D eigenvalue weighted by Gasteiger charge is -2.58. The number of carbonyl (C=O) groups excluding carboxylic acids is 2. The van der Waals surface area contributed by atoms with Crippen molar-refractivity contribution in [2.75, 3.05) is 5.32 Å². The molecule has 4 aliphatic rings. The summed E-state index contributed by atoms with van der Waals surface area (Å²) >= 11 is 1.26. The van der Waals surface area contributed by atoms with Gasteiger partial charge in [-0.05, 0) is 68.7 Å². The van der Waals surface area contributed by atoms with Crippen LogP contribution in [0.15, 0.2) is 11.4 Å². The Bertz CT molecular complexity index is 782. The Hall–Kier alpha value is -1.91. The highest BCUT2D eigenvalue weighted by atomic mass is 32.1. The van der Waals surface area contributed by atoms with Gasteiger partial charge in [0.05, 0.1) is 16.6 Å². The molecule has 26 heavy (non-hydrogen) atoms. The summed E-state index contributed by atoms with van der Waals surface area (Å²) in [4.78, 5) is 25.3. The fourth-order valence-electron chi connectivity index (χ4n) is 5.50. The first-order chi connectivity index (χ1) is 12.3. The lowest BCUT2D eigenvalue weighted by molar-refractivity contribution is -0.199. The number of nitrogens with zero attached hydrogens (tertiary/aromatic N) is 1. The van der Waals surface area contributed by atoms with E-state index >= 15 is 0 Å². The number of nitriles is 1. The van der Waals surface area contributed by atoms with E-state index in [0.717, 1.165) is 32.1 Å². The van der Waals surface area contributed by atoms with Crippen LogP contribution in [0, 0.1) is 28.6 Å². The van der Waals surface area contributed by atoms with Crippen LogP contribution >= 0.6 is 11.3 Å². The van der Waals surface area contributed by atoms with E-state index in [4.69, 9.17) is 10.00 Å². The fourth-order valence-corrected chi connectivity index (χ4v) is 6.24. The lowest BCUT2D eigenvalue weighted by atomic mass is 9.48. The molecule has 6 nitrogen and oxygen atoms in total. The molecule has 1 heterocycles. The predicted molar refractivity (Wildman–Crippen MR) is 95.3 cm³/mol. The zero-order chi connectivity index (χ0) is 18.5. The lowest BCUT2D eigenvalue weighted by Crippen LogP contribution is -2.59.